The lowest BCUT2D eigenvalue weighted by Crippen LogP contribution is -2.11. The summed E-state index contributed by atoms with van der Waals surface area (Å²) in [6.45, 7) is 8.87. The van der Waals surface area contributed by atoms with Gasteiger partial charge in [0.05, 0.1) is 0 Å². The lowest BCUT2D eigenvalue weighted by Gasteiger charge is -2.19. The molecule has 1 nitrogen and oxygen atoms in total. The minimum Gasteiger partial charge on any atom is -0.294 e. The highest BCUT2D eigenvalue weighted by atomic mass is 16.1. The summed E-state index contributed by atoms with van der Waals surface area (Å²) in [5.41, 5.74) is 5.95. The molecule has 2 aromatic carbocycles. The van der Waals surface area contributed by atoms with Gasteiger partial charge in [0.25, 0.3) is 0 Å². The third-order valence-corrected chi connectivity index (χ3v) is 5.20. The average molecular weight is 320 g/mol. The molecule has 0 heterocycles. The van der Waals surface area contributed by atoms with Crippen LogP contribution in [0.15, 0.2) is 42.5 Å². The molecule has 0 N–H and O–H groups in total. The highest BCUT2D eigenvalue weighted by molar-refractivity contribution is 6.07. The Morgan fingerprint density at radius 3 is 2.38 bits per heavy atom. The molecule has 0 radical (unpaired) electrons. The summed E-state index contributed by atoms with van der Waals surface area (Å²) in [4.78, 5) is 12.9. The topological polar surface area (TPSA) is 17.1 Å². The molecule has 0 aliphatic heterocycles. The van der Waals surface area contributed by atoms with Crippen LogP contribution in [0.4, 0.5) is 0 Å². The minimum atomic E-state index is 0.151. The Kier molecular flexibility index (Phi) is 4.62. The van der Waals surface area contributed by atoms with Crippen molar-refractivity contribution in [2.45, 2.75) is 58.8 Å². The Hall–Kier alpha value is -1.89. The molecule has 126 valence electrons. The fourth-order valence-electron chi connectivity index (χ4n) is 3.70. The van der Waals surface area contributed by atoms with E-state index in [4.69, 9.17) is 0 Å². The van der Waals surface area contributed by atoms with Crippen molar-refractivity contribution in [3.63, 3.8) is 0 Å². The quantitative estimate of drug-likeness (QED) is 0.656. The number of ketones is 1. The second kappa shape index (κ2) is 6.55. The van der Waals surface area contributed by atoms with Crippen LogP contribution >= 0.6 is 0 Å². The Morgan fingerprint density at radius 2 is 1.75 bits per heavy atom. The van der Waals surface area contributed by atoms with Gasteiger partial charge in [-0.25, -0.2) is 0 Å². The zero-order valence-corrected chi connectivity index (χ0v) is 15.4. The predicted molar refractivity (Wildman–Crippen MR) is 102 cm³/mol. The van der Waals surface area contributed by atoms with Gasteiger partial charge >= 0.3 is 0 Å². The van der Waals surface area contributed by atoms with Crippen molar-refractivity contribution in [1.29, 1.82) is 0 Å². The van der Waals surface area contributed by atoms with Crippen molar-refractivity contribution in [1.82, 2.24) is 0 Å². The Morgan fingerprint density at radius 1 is 1.04 bits per heavy atom. The van der Waals surface area contributed by atoms with Gasteiger partial charge in [-0.15, -0.1) is 0 Å². The molecule has 1 heteroatoms. The van der Waals surface area contributed by atoms with Gasteiger partial charge in [0, 0.05) is 11.5 Å². The lowest BCUT2D eigenvalue weighted by atomic mass is 9.85. The first-order valence-corrected chi connectivity index (χ1v) is 9.19. The van der Waals surface area contributed by atoms with Gasteiger partial charge in [-0.05, 0) is 40.5 Å². The van der Waals surface area contributed by atoms with Gasteiger partial charge < -0.3 is 0 Å². The molecule has 3 rings (SSSR count). The number of rotatable bonds is 4. The van der Waals surface area contributed by atoms with Crippen LogP contribution < -0.4 is 0 Å². The van der Waals surface area contributed by atoms with Gasteiger partial charge in [-0.2, -0.15) is 0 Å². The van der Waals surface area contributed by atoms with Crippen molar-refractivity contribution < 1.29 is 4.79 Å². The predicted octanol–water partition coefficient (Wildman–Crippen LogP) is 6.20. The fraction of sp³-hybridized carbons (Fsp3) is 0.435. The third-order valence-electron chi connectivity index (χ3n) is 5.20. The van der Waals surface area contributed by atoms with E-state index in [2.05, 4.69) is 70.2 Å². The first-order chi connectivity index (χ1) is 11.4. The van der Waals surface area contributed by atoms with Crippen LogP contribution in [0.5, 0.6) is 0 Å². The average Bonchev–Trinajstić information content (AvgIpc) is 2.88. The maximum Gasteiger partial charge on any atom is 0.167 e. The summed E-state index contributed by atoms with van der Waals surface area (Å²) in [6.07, 6.45) is 4.23. The van der Waals surface area contributed by atoms with Crippen molar-refractivity contribution in [3.8, 4) is 11.1 Å². The lowest BCUT2D eigenvalue weighted by molar-refractivity contribution is 0.0930. The van der Waals surface area contributed by atoms with Gasteiger partial charge in [0.2, 0.25) is 0 Å². The Balaban J connectivity index is 1.95. The maximum absolute atomic E-state index is 12.9. The maximum atomic E-state index is 12.9. The van der Waals surface area contributed by atoms with E-state index in [1.807, 2.05) is 0 Å². The van der Waals surface area contributed by atoms with Crippen molar-refractivity contribution in [2.75, 3.05) is 0 Å². The number of benzene rings is 2. The molecule has 0 fully saturated rings. The number of hydrogen-bond donors (Lipinski definition) is 0. The molecule has 1 unspecified atom stereocenters. The fourth-order valence-corrected chi connectivity index (χ4v) is 3.70. The number of unbranched alkanes of at least 4 members (excludes halogenated alkanes) is 1. The molecular weight excluding hydrogens is 292 g/mol. The minimum absolute atomic E-state index is 0.151. The molecule has 1 aliphatic carbocycles. The molecule has 1 aliphatic rings. The van der Waals surface area contributed by atoms with E-state index in [-0.39, 0.29) is 11.3 Å². The molecule has 1 atom stereocenters. The van der Waals surface area contributed by atoms with Crippen molar-refractivity contribution in [3.05, 3.63) is 59.2 Å². The molecule has 0 saturated carbocycles. The van der Waals surface area contributed by atoms with E-state index in [0.717, 1.165) is 42.4 Å². The number of fused-ring (bicyclic) bond motifs is 1. The van der Waals surface area contributed by atoms with Crippen LogP contribution in [0, 0.1) is 5.92 Å². The van der Waals surface area contributed by atoms with Crippen molar-refractivity contribution in [2.24, 2.45) is 5.92 Å². The van der Waals surface area contributed by atoms with Gasteiger partial charge in [-0.1, -0.05) is 83.0 Å². The smallest absolute Gasteiger partial charge is 0.167 e. The van der Waals surface area contributed by atoms with Crippen LogP contribution in [0.2, 0.25) is 0 Å². The molecule has 24 heavy (non-hydrogen) atoms. The van der Waals surface area contributed by atoms with Gasteiger partial charge in [0.15, 0.2) is 5.78 Å². The van der Waals surface area contributed by atoms with Crippen molar-refractivity contribution >= 4 is 5.78 Å². The first-order valence-electron chi connectivity index (χ1n) is 9.19. The number of hydrogen-bond acceptors (Lipinski definition) is 1. The number of carbonyl (C=O) groups is 1. The molecule has 0 amide bonds. The Bertz CT molecular complexity index is 732. The summed E-state index contributed by atoms with van der Waals surface area (Å²) in [5.74, 6) is 0.545. The third kappa shape index (κ3) is 3.17. The second-order valence-electron chi connectivity index (χ2n) is 8.07. The summed E-state index contributed by atoms with van der Waals surface area (Å²) in [6, 6.07) is 15.1. The van der Waals surface area contributed by atoms with Crippen LogP contribution in [0.25, 0.3) is 11.1 Å². The number of carbonyl (C=O) groups excluding carboxylic acids is 1. The molecular formula is C23H28O. The molecule has 2 aromatic rings. The largest absolute Gasteiger partial charge is 0.294 e. The van der Waals surface area contributed by atoms with E-state index in [9.17, 15) is 4.79 Å². The zero-order valence-electron chi connectivity index (χ0n) is 15.4. The monoisotopic (exact) mass is 320 g/mol. The molecule has 0 aromatic heterocycles. The highest BCUT2D eigenvalue weighted by Crippen LogP contribution is 2.37. The van der Waals surface area contributed by atoms with Gasteiger partial charge in [0.1, 0.15) is 0 Å². The highest BCUT2D eigenvalue weighted by Gasteiger charge is 2.32. The van der Waals surface area contributed by atoms with E-state index < -0.39 is 0 Å². The summed E-state index contributed by atoms with van der Waals surface area (Å²) < 4.78 is 0. The standard InChI is InChI=1S/C23H28O/c1-5-6-8-18-15-17-9-7-10-20(21(17)22(18)24)16-11-13-19(14-12-16)23(2,3)4/h7,9-14,18H,5-6,8,15H2,1-4H3. The second-order valence-corrected chi connectivity index (χ2v) is 8.07. The molecule has 0 spiro atoms. The van der Waals surface area contributed by atoms with Crippen LogP contribution in [0.1, 0.15) is 68.4 Å². The first kappa shape index (κ1) is 17.0. The van der Waals surface area contributed by atoms with E-state index in [0.29, 0.717) is 5.78 Å². The summed E-state index contributed by atoms with van der Waals surface area (Å²) >= 11 is 0. The zero-order chi connectivity index (χ0) is 17.3. The molecule has 0 saturated heterocycles. The SMILES string of the molecule is CCCCC1Cc2cccc(-c3ccc(C(C)(C)C)cc3)c2C1=O. The Labute approximate surface area is 146 Å². The number of Topliss-reactive ketones (excluding diaryl/α,β-unsaturated/α-hetero) is 1. The van der Waals surface area contributed by atoms with E-state index in [1.54, 1.807) is 0 Å². The van der Waals surface area contributed by atoms with Gasteiger partial charge in [-0.3, -0.25) is 4.79 Å². The van der Waals surface area contributed by atoms with E-state index in [1.165, 1.54) is 11.1 Å². The summed E-state index contributed by atoms with van der Waals surface area (Å²) in [7, 11) is 0. The normalized spacial score (nSPS) is 17.2. The van der Waals surface area contributed by atoms with Crippen LogP contribution in [0.3, 0.4) is 0 Å². The van der Waals surface area contributed by atoms with Crippen LogP contribution in [-0.4, -0.2) is 5.78 Å². The van der Waals surface area contributed by atoms with E-state index >= 15 is 0 Å². The summed E-state index contributed by atoms with van der Waals surface area (Å²) in [5, 5.41) is 0. The molecule has 0 bridgehead atoms. The van der Waals surface area contributed by atoms with Crippen LogP contribution in [-0.2, 0) is 11.8 Å².